The summed E-state index contributed by atoms with van der Waals surface area (Å²) in [6, 6.07) is 11.5. The van der Waals surface area contributed by atoms with Gasteiger partial charge in [-0.1, -0.05) is 19.1 Å². The second kappa shape index (κ2) is 8.12. The molecule has 1 amide bonds. The topological polar surface area (TPSA) is 76.1 Å². The van der Waals surface area contributed by atoms with Crippen LogP contribution in [0.1, 0.15) is 35.3 Å². The van der Waals surface area contributed by atoms with Crippen molar-refractivity contribution in [3.8, 4) is 5.75 Å². The van der Waals surface area contributed by atoms with Gasteiger partial charge in [-0.05, 0) is 42.2 Å². The predicted molar refractivity (Wildman–Crippen MR) is 89.9 cm³/mol. The molecule has 1 heterocycles. The van der Waals surface area contributed by atoms with Gasteiger partial charge in [-0.3, -0.25) is 4.79 Å². The van der Waals surface area contributed by atoms with Crippen LogP contribution in [0.15, 0.2) is 36.4 Å². The van der Waals surface area contributed by atoms with Gasteiger partial charge in [-0.15, -0.1) is 10.2 Å². The van der Waals surface area contributed by atoms with Crippen molar-refractivity contribution >= 4 is 11.7 Å². The Morgan fingerprint density at radius 1 is 1.17 bits per heavy atom. The average molecular weight is 314 g/mol. The van der Waals surface area contributed by atoms with Crippen molar-refractivity contribution in [2.45, 2.75) is 19.3 Å². The molecule has 0 fully saturated rings. The van der Waals surface area contributed by atoms with E-state index in [0.717, 1.165) is 18.7 Å². The van der Waals surface area contributed by atoms with Crippen LogP contribution < -0.4 is 15.4 Å². The highest BCUT2D eigenvalue weighted by Gasteiger charge is 2.07. The predicted octanol–water partition coefficient (Wildman–Crippen LogP) is 2.45. The van der Waals surface area contributed by atoms with Crippen LogP contribution in [0.5, 0.6) is 5.75 Å². The summed E-state index contributed by atoms with van der Waals surface area (Å²) in [6.45, 7) is 2.96. The van der Waals surface area contributed by atoms with Gasteiger partial charge in [0.05, 0.1) is 7.11 Å². The van der Waals surface area contributed by atoms with Gasteiger partial charge in [0.25, 0.3) is 5.91 Å². The molecule has 0 aliphatic rings. The van der Waals surface area contributed by atoms with Crippen molar-refractivity contribution in [1.82, 2.24) is 15.5 Å². The van der Waals surface area contributed by atoms with Crippen molar-refractivity contribution in [1.29, 1.82) is 0 Å². The van der Waals surface area contributed by atoms with E-state index in [2.05, 4.69) is 39.9 Å². The molecule has 1 aromatic carbocycles. The number of methoxy groups -OCH3 is 1. The highest BCUT2D eigenvalue weighted by molar-refractivity contribution is 5.91. The fourth-order valence-electron chi connectivity index (χ4n) is 2.19. The Labute approximate surface area is 136 Å². The molecule has 0 bridgehead atoms. The lowest BCUT2D eigenvalue weighted by molar-refractivity contribution is 0.0957. The molecular weight excluding hydrogens is 292 g/mol. The van der Waals surface area contributed by atoms with E-state index in [1.54, 1.807) is 26.3 Å². The monoisotopic (exact) mass is 314 g/mol. The zero-order valence-electron chi connectivity index (χ0n) is 13.7. The largest absolute Gasteiger partial charge is 0.497 e. The number of amides is 1. The lowest BCUT2D eigenvalue weighted by Crippen LogP contribution is -2.19. The first-order chi connectivity index (χ1) is 11.1. The first kappa shape index (κ1) is 16.7. The molecule has 1 unspecified atom stereocenters. The number of anilines is 1. The lowest BCUT2D eigenvalue weighted by atomic mass is 9.98. The van der Waals surface area contributed by atoms with Crippen LogP contribution in [0.4, 0.5) is 5.82 Å². The van der Waals surface area contributed by atoms with Gasteiger partial charge in [-0.2, -0.15) is 0 Å². The van der Waals surface area contributed by atoms with Gasteiger partial charge in [0.2, 0.25) is 0 Å². The minimum Gasteiger partial charge on any atom is -0.497 e. The molecule has 0 aliphatic carbocycles. The van der Waals surface area contributed by atoms with E-state index in [0.29, 0.717) is 17.4 Å². The summed E-state index contributed by atoms with van der Waals surface area (Å²) < 4.78 is 5.17. The van der Waals surface area contributed by atoms with Crippen molar-refractivity contribution in [2.24, 2.45) is 0 Å². The second-order valence-electron chi connectivity index (χ2n) is 5.27. The van der Waals surface area contributed by atoms with E-state index in [1.807, 2.05) is 12.1 Å². The molecule has 2 aromatic rings. The summed E-state index contributed by atoms with van der Waals surface area (Å²) >= 11 is 0. The minimum atomic E-state index is -0.239. The fourth-order valence-corrected chi connectivity index (χ4v) is 2.19. The Hall–Kier alpha value is -2.63. The number of ether oxygens (including phenoxy) is 1. The number of nitrogens with zero attached hydrogens (tertiary/aromatic N) is 2. The number of carbonyl (C=O) groups excluding carboxylic acids is 1. The van der Waals surface area contributed by atoms with Crippen LogP contribution in [0.3, 0.4) is 0 Å². The summed E-state index contributed by atoms with van der Waals surface area (Å²) in [4.78, 5) is 11.4. The summed E-state index contributed by atoms with van der Waals surface area (Å²) in [5.74, 6) is 1.72. The van der Waals surface area contributed by atoms with E-state index in [9.17, 15) is 4.79 Å². The van der Waals surface area contributed by atoms with E-state index >= 15 is 0 Å². The van der Waals surface area contributed by atoms with Gasteiger partial charge < -0.3 is 15.4 Å². The van der Waals surface area contributed by atoms with Gasteiger partial charge >= 0.3 is 0 Å². The Kier molecular flexibility index (Phi) is 5.91. The van der Waals surface area contributed by atoms with Crippen LogP contribution in [-0.2, 0) is 0 Å². The standard InChI is InChI=1S/C17H22N4O2/c1-12(13-4-6-14(23-3)7-5-13)10-11-19-16-9-8-15(20-21-16)17(22)18-2/h4-9,12H,10-11H2,1-3H3,(H,18,22)(H,19,21). The normalized spacial score (nSPS) is 11.6. The van der Waals surface area contributed by atoms with Crippen molar-refractivity contribution in [3.05, 3.63) is 47.7 Å². The van der Waals surface area contributed by atoms with E-state index in [-0.39, 0.29) is 5.91 Å². The Bertz CT molecular complexity index is 626. The maximum Gasteiger partial charge on any atom is 0.271 e. The van der Waals surface area contributed by atoms with Crippen molar-refractivity contribution in [3.63, 3.8) is 0 Å². The van der Waals surface area contributed by atoms with Crippen LogP contribution in [-0.4, -0.2) is 36.8 Å². The second-order valence-corrected chi connectivity index (χ2v) is 5.27. The molecule has 23 heavy (non-hydrogen) atoms. The summed E-state index contributed by atoms with van der Waals surface area (Å²) in [5, 5.41) is 13.6. The minimum absolute atomic E-state index is 0.239. The van der Waals surface area contributed by atoms with Crippen molar-refractivity contribution in [2.75, 3.05) is 26.0 Å². The Balaban J connectivity index is 1.82. The summed E-state index contributed by atoms with van der Waals surface area (Å²) in [6.07, 6.45) is 0.963. The SMILES string of the molecule is CNC(=O)c1ccc(NCCC(C)c2ccc(OC)cc2)nn1. The van der Waals surface area contributed by atoms with Crippen molar-refractivity contribution < 1.29 is 9.53 Å². The molecule has 1 aromatic heterocycles. The highest BCUT2D eigenvalue weighted by Crippen LogP contribution is 2.21. The molecule has 1 atom stereocenters. The molecule has 0 saturated carbocycles. The molecule has 2 rings (SSSR count). The molecule has 0 spiro atoms. The number of hydrogen-bond donors (Lipinski definition) is 2. The molecule has 0 radical (unpaired) electrons. The first-order valence-corrected chi connectivity index (χ1v) is 7.57. The van der Waals surface area contributed by atoms with E-state index in [1.165, 1.54) is 5.56 Å². The number of carbonyl (C=O) groups is 1. The number of nitrogens with one attached hydrogen (secondary N) is 2. The third-order valence-corrected chi connectivity index (χ3v) is 3.69. The molecular formula is C17H22N4O2. The molecule has 122 valence electrons. The molecule has 6 heteroatoms. The number of aromatic nitrogens is 2. The third-order valence-electron chi connectivity index (χ3n) is 3.69. The molecule has 0 aliphatic heterocycles. The van der Waals surface area contributed by atoms with Crippen LogP contribution in [0.25, 0.3) is 0 Å². The zero-order valence-corrected chi connectivity index (χ0v) is 13.7. The van der Waals surface area contributed by atoms with Gasteiger partial charge in [0.1, 0.15) is 11.6 Å². The quantitative estimate of drug-likeness (QED) is 0.821. The summed E-state index contributed by atoms with van der Waals surface area (Å²) in [5.41, 5.74) is 1.58. The van der Waals surface area contributed by atoms with Gasteiger partial charge in [0.15, 0.2) is 5.69 Å². The van der Waals surface area contributed by atoms with Crippen LogP contribution >= 0.6 is 0 Å². The Morgan fingerprint density at radius 3 is 2.48 bits per heavy atom. The van der Waals surface area contributed by atoms with E-state index in [4.69, 9.17) is 4.74 Å². The Morgan fingerprint density at radius 2 is 1.91 bits per heavy atom. The summed E-state index contributed by atoms with van der Waals surface area (Å²) in [7, 11) is 3.23. The number of rotatable bonds is 7. The van der Waals surface area contributed by atoms with Gasteiger partial charge in [0, 0.05) is 13.6 Å². The average Bonchev–Trinajstić information content (AvgIpc) is 2.61. The third kappa shape index (κ3) is 4.67. The van der Waals surface area contributed by atoms with Crippen LogP contribution in [0.2, 0.25) is 0 Å². The maximum absolute atomic E-state index is 11.4. The first-order valence-electron chi connectivity index (χ1n) is 7.57. The number of hydrogen-bond acceptors (Lipinski definition) is 5. The fraction of sp³-hybridized carbons (Fsp3) is 0.353. The smallest absolute Gasteiger partial charge is 0.271 e. The molecule has 0 saturated heterocycles. The maximum atomic E-state index is 11.4. The molecule has 6 nitrogen and oxygen atoms in total. The van der Waals surface area contributed by atoms with E-state index < -0.39 is 0 Å². The lowest BCUT2D eigenvalue weighted by Gasteiger charge is -2.13. The highest BCUT2D eigenvalue weighted by atomic mass is 16.5. The molecule has 2 N–H and O–H groups in total. The van der Waals surface area contributed by atoms with Gasteiger partial charge in [-0.25, -0.2) is 0 Å². The van der Waals surface area contributed by atoms with Crippen LogP contribution in [0, 0.1) is 0 Å². The number of benzene rings is 1. The zero-order chi connectivity index (χ0) is 16.7.